The number of fused-ring (bicyclic) bond motifs is 1. The van der Waals surface area contributed by atoms with Gasteiger partial charge in [0.15, 0.2) is 23.0 Å². The molecule has 2 aromatic rings. The summed E-state index contributed by atoms with van der Waals surface area (Å²) in [5.74, 6) is 2.22. The summed E-state index contributed by atoms with van der Waals surface area (Å²) in [4.78, 5) is 12.5. The molecule has 1 aliphatic carbocycles. The third-order valence-electron chi connectivity index (χ3n) is 5.54. The number of amides is 1. The Morgan fingerprint density at radius 2 is 1.83 bits per heavy atom. The Kier molecular flexibility index (Phi) is 5.51. The van der Waals surface area contributed by atoms with Crippen LogP contribution >= 0.6 is 0 Å². The highest BCUT2D eigenvalue weighted by atomic mass is 16.7. The van der Waals surface area contributed by atoms with Crippen LogP contribution in [0.5, 0.6) is 23.0 Å². The minimum Gasteiger partial charge on any atom is -0.493 e. The van der Waals surface area contributed by atoms with Crippen molar-refractivity contribution in [2.24, 2.45) is 0 Å². The summed E-state index contributed by atoms with van der Waals surface area (Å²) in [5.41, 5.74) is 1.65. The summed E-state index contributed by atoms with van der Waals surface area (Å²) >= 11 is 0. The fraction of sp³-hybridized carbons (Fsp3) is 0.435. The molecule has 1 amide bonds. The number of nitrogens with one attached hydrogen (secondary N) is 1. The van der Waals surface area contributed by atoms with Gasteiger partial charge in [-0.05, 0) is 43.0 Å². The predicted octanol–water partition coefficient (Wildman–Crippen LogP) is 4.71. The topological polar surface area (TPSA) is 66.0 Å². The molecule has 1 N–H and O–H groups in total. The first-order chi connectivity index (χ1) is 14.1. The number of hydrogen-bond donors (Lipinski definition) is 1. The van der Waals surface area contributed by atoms with Crippen LogP contribution in [0, 0.1) is 0 Å². The quantitative estimate of drug-likeness (QED) is 0.765. The average Bonchev–Trinajstić information content (AvgIpc) is 3.08. The first-order valence-electron chi connectivity index (χ1n) is 10.1. The number of anilines is 1. The SMILES string of the molecule is COc1cccc(CCC(=O)Nc2ccc3c(c2)OC2(CCCCC2)O3)c1OC. The molecule has 2 aliphatic rings. The zero-order valence-electron chi connectivity index (χ0n) is 17.0. The van der Waals surface area contributed by atoms with Crippen LogP contribution in [-0.2, 0) is 11.2 Å². The molecule has 2 aromatic carbocycles. The Hall–Kier alpha value is -2.89. The number of rotatable bonds is 6. The molecule has 0 saturated heterocycles. The van der Waals surface area contributed by atoms with Crippen molar-refractivity contribution in [2.75, 3.05) is 19.5 Å². The lowest BCUT2D eigenvalue weighted by molar-refractivity contribution is -0.116. The zero-order valence-corrected chi connectivity index (χ0v) is 17.0. The predicted molar refractivity (Wildman–Crippen MR) is 110 cm³/mol. The summed E-state index contributed by atoms with van der Waals surface area (Å²) < 4.78 is 23.0. The van der Waals surface area contributed by atoms with Crippen LogP contribution in [0.15, 0.2) is 36.4 Å². The first-order valence-corrected chi connectivity index (χ1v) is 10.1. The van der Waals surface area contributed by atoms with Crippen molar-refractivity contribution >= 4 is 11.6 Å². The van der Waals surface area contributed by atoms with E-state index in [1.54, 1.807) is 14.2 Å². The molecular formula is C23H27NO5. The fourth-order valence-electron chi connectivity index (χ4n) is 4.09. The minimum atomic E-state index is -0.508. The highest BCUT2D eigenvalue weighted by Crippen LogP contribution is 2.46. The number of ether oxygens (including phenoxy) is 4. The smallest absolute Gasteiger partial charge is 0.251 e. The number of methoxy groups -OCH3 is 2. The van der Waals surface area contributed by atoms with Crippen LogP contribution in [0.1, 0.15) is 44.1 Å². The molecule has 1 aliphatic heterocycles. The molecule has 0 radical (unpaired) electrons. The van der Waals surface area contributed by atoms with Crippen LogP contribution in [0.2, 0.25) is 0 Å². The molecule has 4 rings (SSSR count). The van der Waals surface area contributed by atoms with Crippen molar-refractivity contribution < 1.29 is 23.7 Å². The summed E-state index contributed by atoms with van der Waals surface area (Å²) in [6, 6.07) is 11.3. The van der Waals surface area contributed by atoms with Crippen LogP contribution < -0.4 is 24.3 Å². The Balaban J connectivity index is 1.37. The maximum atomic E-state index is 12.5. The zero-order chi connectivity index (χ0) is 20.3. The van der Waals surface area contributed by atoms with Gasteiger partial charge < -0.3 is 24.3 Å². The number of carbonyl (C=O) groups excluding carboxylic acids is 1. The summed E-state index contributed by atoms with van der Waals surface area (Å²) in [7, 11) is 3.21. The van der Waals surface area contributed by atoms with E-state index in [0.29, 0.717) is 35.8 Å². The van der Waals surface area contributed by atoms with E-state index in [1.165, 1.54) is 6.42 Å². The van der Waals surface area contributed by atoms with Crippen molar-refractivity contribution in [1.29, 1.82) is 0 Å². The Bertz CT molecular complexity index is 889. The average molecular weight is 397 g/mol. The fourth-order valence-corrected chi connectivity index (χ4v) is 4.09. The highest BCUT2D eigenvalue weighted by molar-refractivity contribution is 5.91. The molecule has 1 fully saturated rings. The van der Waals surface area contributed by atoms with Gasteiger partial charge in [-0.25, -0.2) is 0 Å². The van der Waals surface area contributed by atoms with Crippen LogP contribution in [-0.4, -0.2) is 25.9 Å². The second kappa shape index (κ2) is 8.23. The van der Waals surface area contributed by atoms with Crippen molar-refractivity contribution in [3.63, 3.8) is 0 Å². The Morgan fingerprint density at radius 1 is 1.03 bits per heavy atom. The van der Waals surface area contributed by atoms with E-state index in [9.17, 15) is 4.79 Å². The monoisotopic (exact) mass is 397 g/mol. The third kappa shape index (κ3) is 4.11. The van der Waals surface area contributed by atoms with Gasteiger partial charge in [0.25, 0.3) is 5.79 Å². The van der Waals surface area contributed by atoms with Crippen molar-refractivity contribution in [3.05, 3.63) is 42.0 Å². The second-order valence-electron chi connectivity index (χ2n) is 7.54. The lowest BCUT2D eigenvalue weighted by atomic mass is 9.94. The number of aryl methyl sites for hydroxylation is 1. The summed E-state index contributed by atoms with van der Waals surface area (Å²) in [6.45, 7) is 0. The van der Waals surface area contributed by atoms with Crippen LogP contribution in [0.4, 0.5) is 5.69 Å². The van der Waals surface area contributed by atoms with Gasteiger partial charge in [-0.1, -0.05) is 18.6 Å². The second-order valence-corrected chi connectivity index (χ2v) is 7.54. The first kappa shape index (κ1) is 19.4. The summed E-state index contributed by atoms with van der Waals surface area (Å²) in [6.07, 6.45) is 6.17. The minimum absolute atomic E-state index is 0.0684. The molecule has 6 nitrogen and oxygen atoms in total. The molecule has 1 heterocycles. The standard InChI is InChI=1S/C23H27NO5/c1-26-19-8-6-7-16(22(19)27-2)9-12-21(25)24-17-10-11-18-20(15-17)29-23(28-18)13-4-3-5-14-23/h6-8,10-11,15H,3-5,9,12-14H2,1-2H3,(H,24,25). The molecule has 0 aromatic heterocycles. The van der Waals surface area contributed by atoms with E-state index in [-0.39, 0.29) is 5.91 Å². The van der Waals surface area contributed by atoms with Gasteiger partial charge in [0.2, 0.25) is 5.91 Å². The molecule has 154 valence electrons. The van der Waals surface area contributed by atoms with E-state index in [4.69, 9.17) is 18.9 Å². The lowest BCUT2D eigenvalue weighted by Gasteiger charge is -2.31. The number of carbonyl (C=O) groups is 1. The van der Waals surface area contributed by atoms with Gasteiger partial charge in [0.1, 0.15) is 0 Å². The van der Waals surface area contributed by atoms with E-state index in [2.05, 4.69) is 5.32 Å². The van der Waals surface area contributed by atoms with E-state index < -0.39 is 5.79 Å². The number of benzene rings is 2. The normalized spacial score (nSPS) is 16.5. The van der Waals surface area contributed by atoms with Gasteiger partial charge in [0, 0.05) is 31.0 Å². The number of para-hydroxylation sites is 1. The molecule has 0 atom stereocenters. The maximum Gasteiger partial charge on any atom is 0.251 e. The highest BCUT2D eigenvalue weighted by Gasteiger charge is 2.42. The summed E-state index contributed by atoms with van der Waals surface area (Å²) in [5, 5.41) is 2.95. The molecule has 29 heavy (non-hydrogen) atoms. The van der Waals surface area contributed by atoms with Gasteiger partial charge in [0.05, 0.1) is 14.2 Å². The van der Waals surface area contributed by atoms with Gasteiger partial charge in [-0.3, -0.25) is 4.79 Å². The van der Waals surface area contributed by atoms with Crippen molar-refractivity contribution in [3.8, 4) is 23.0 Å². The van der Waals surface area contributed by atoms with E-state index in [1.807, 2.05) is 36.4 Å². The number of hydrogen-bond acceptors (Lipinski definition) is 5. The van der Waals surface area contributed by atoms with Crippen molar-refractivity contribution in [2.45, 2.75) is 50.7 Å². The van der Waals surface area contributed by atoms with Crippen LogP contribution in [0.25, 0.3) is 0 Å². The third-order valence-corrected chi connectivity index (χ3v) is 5.54. The largest absolute Gasteiger partial charge is 0.493 e. The molecule has 0 unspecified atom stereocenters. The molecule has 0 bridgehead atoms. The molecular weight excluding hydrogens is 370 g/mol. The van der Waals surface area contributed by atoms with Gasteiger partial charge in [-0.15, -0.1) is 0 Å². The molecule has 1 saturated carbocycles. The van der Waals surface area contributed by atoms with Gasteiger partial charge >= 0.3 is 0 Å². The van der Waals surface area contributed by atoms with E-state index >= 15 is 0 Å². The molecule has 6 heteroatoms. The molecule has 1 spiro atoms. The van der Waals surface area contributed by atoms with Crippen molar-refractivity contribution in [1.82, 2.24) is 0 Å². The Morgan fingerprint density at radius 3 is 2.59 bits per heavy atom. The lowest BCUT2D eigenvalue weighted by Crippen LogP contribution is -2.40. The van der Waals surface area contributed by atoms with Gasteiger partial charge in [-0.2, -0.15) is 0 Å². The van der Waals surface area contributed by atoms with E-state index in [0.717, 1.165) is 37.0 Å². The maximum absolute atomic E-state index is 12.5. The Labute approximate surface area is 171 Å². The van der Waals surface area contributed by atoms with Crippen LogP contribution in [0.3, 0.4) is 0 Å².